The van der Waals surface area contributed by atoms with Crippen molar-refractivity contribution in [2.45, 2.75) is 77.0 Å². The van der Waals surface area contributed by atoms with Crippen LogP contribution < -0.4 is 0 Å². The van der Waals surface area contributed by atoms with Gasteiger partial charge in [0.05, 0.1) is 6.54 Å². The van der Waals surface area contributed by atoms with E-state index in [4.69, 9.17) is 0 Å². The van der Waals surface area contributed by atoms with E-state index in [1.807, 2.05) is 9.80 Å². The van der Waals surface area contributed by atoms with Crippen LogP contribution in [0.2, 0.25) is 0 Å². The van der Waals surface area contributed by atoms with Crippen molar-refractivity contribution in [2.24, 2.45) is 0 Å². The molecule has 20 heavy (non-hydrogen) atoms. The van der Waals surface area contributed by atoms with Crippen LogP contribution in [0.5, 0.6) is 0 Å². The molecule has 5 heteroatoms. The minimum absolute atomic E-state index is 0.0877. The normalized spacial score (nSPS) is 28.5. The third kappa shape index (κ3) is 3.32. The standard InChI is InChI=1S/C15H26N2O3/c1-10-5-4-6-11(2)17(10)14(18)9-16(13-7-8-13)12(3)15(19)20/h10-13H,4-9H2,1-3H3,(H,19,20). The van der Waals surface area contributed by atoms with Crippen molar-refractivity contribution in [2.75, 3.05) is 6.54 Å². The lowest BCUT2D eigenvalue weighted by Gasteiger charge is -2.40. The number of carbonyl (C=O) groups is 2. The average molecular weight is 282 g/mol. The molecular formula is C15H26N2O3. The number of likely N-dealkylation sites (tertiary alicyclic amines) is 1. The van der Waals surface area contributed by atoms with Gasteiger partial charge in [0.2, 0.25) is 5.91 Å². The second-order valence-electron chi connectivity index (χ2n) is 6.35. The van der Waals surface area contributed by atoms with Gasteiger partial charge in [-0.3, -0.25) is 14.5 Å². The zero-order valence-corrected chi connectivity index (χ0v) is 12.7. The first-order valence-electron chi connectivity index (χ1n) is 7.71. The Hall–Kier alpha value is -1.10. The van der Waals surface area contributed by atoms with Crippen LogP contribution in [0.15, 0.2) is 0 Å². The predicted octanol–water partition coefficient (Wildman–Crippen LogP) is 1.71. The summed E-state index contributed by atoms with van der Waals surface area (Å²) < 4.78 is 0. The van der Waals surface area contributed by atoms with Crippen molar-refractivity contribution in [1.82, 2.24) is 9.80 Å². The Morgan fingerprint density at radius 2 is 1.75 bits per heavy atom. The number of aliphatic carboxylic acids is 1. The fourth-order valence-corrected chi connectivity index (χ4v) is 3.28. The fourth-order valence-electron chi connectivity index (χ4n) is 3.28. The summed E-state index contributed by atoms with van der Waals surface area (Å²) >= 11 is 0. The number of amides is 1. The Bertz CT molecular complexity index is 371. The minimum Gasteiger partial charge on any atom is -0.480 e. The quantitative estimate of drug-likeness (QED) is 0.834. The molecule has 3 unspecified atom stereocenters. The molecule has 1 heterocycles. The van der Waals surface area contributed by atoms with Crippen LogP contribution in [0.1, 0.15) is 52.9 Å². The van der Waals surface area contributed by atoms with Crippen LogP contribution in [0.25, 0.3) is 0 Å². The minimum atomic E-state index is -0.843. The molecular weight excluding hydrogens is 256 g/mol. The van der Waals surface area contributed by atoms with Crippen LogP contribution >= 0.6 is 0 Å². The Balaban J connectivity index is 2.02. The summed E-state index contributed by atoms with van der Waals surface area (Å²) in [5.41, 5.74) is 0. The highest BCUT2D eigenvalue weighted by Gasteiger charge is 2.38. The van der Waals surface area contributed by atoms with Gasteiger partial charge >= 0.3 is 5.97 Å². The third-order valence-electron chi connectivity index (χ3n) is 4.67. The molecule has 3 atom stereocenters. The van der Waals surface area contributed by atoms with Crippen molar-refractivity contribution in [3.05, 3.63) is 0 Å². The van der Waals surface area contributed by atoms with Crippen molar-refractivity contribution in [3.8, 4) is 0 Å². The molecule has 0 aromatic heterocycles. The van der Waals surface area contributed by atoms with Gasteiger partial charge in [0, 0.05) is 18.1 Å². The largest absolute Gasteiger partial charge is 0.480 e. The molecule has 2 aliphatic rings. The molecule has 0 bridgehead atoms. The van der Waals surface area contributed by atoms with Gasteiger partial charge in [-0.2, -0.15) is 0 Å². The first kappa shape index (κ1) is 15.3. The summed E-state index contributed by atoms with van der Waals surface area (Å²) in [4.78, 5) is 27.6. The van der Waals surface area contributed by atoms with E-state index in [0.717, 1.165) is 25.7 Å². The van der Waals surface area contributed by atoms with E-state index in [1.165, 1.54) is 6.42 Å². The first-order chi connectivity index (χ1) is 9.41. The third-order valence-corrected chi connectivity index (χ3v) is 4.67. The van der Waals surface area contributed by atoms with E-state index >= 15 is 0 Å². The molecule has 0 aromatic carbocycles. The smallest absolute Gasteiger partial charge is 0.320 e. The maximum absolute atomic E-state index is 12.6. The molecule has 1 aliphatic heterocycles. The number of hydrogen-bond donors (Lipinski definition) is 1. The highest BCUT2D eigenvalue weighted by atomic mass is 16.4. The van der Waals surface area contributed by atoms with Gasteiger partial charge in [-0.05, 0) is 52.9 Å². The maximum Gasteiger partial charge on any atom is 0.320 e. The average Bonchev–Trinajstić information content (AvgIpc) is 3.19. The lowest BCUT2D eigenvalue weighted by molar-refractivity contribution is -0.146. The van der Waals surface area contributed by atoms with E-state index < -0.39 is 12.0 Å². The zero-order chi connectivity index (χ0) is 14.9. The molecule has 2 fully saturated rings. The van der Waals surface area contributed by atoms with Crippen molar-refractivity contribution in [3.63, 3.8) is 0 Å². The number of carboxylic acids is 1. The van der Waals surface area contributed by atoms with Crippen molar-refractivity contribution < 1.29 is 14.7 Å². The second kappa shape index (κ2) is 6.12. The van der Waals surface area contributed by atoms with Gasteiger partial charge in [0.25, 0.3) is 0 Å². The molecule has 1 aliphatic carbocycles. The summed E-state index contributed by atoms with van der Waals surface area (Å²) in [5, 5.41) is 9.19. The molecule has 5 nitrogen and oxygen atoms in total. The molecule has 1 saturated carbocycles. The lowest BCUT2D eigenvalue weighted by Crippen LogP contribution is -2.53. The molecule has 0 radical (unpaired) electrons. The van der Waals surface area contributed by atoms with Gasteiger partial charge in [-0.15, -0.1) is 0 Å². The van der Waals surface area contributed by atoms with E-state index in [0.29, 0.717) is 0 Å². The van der Waals surface area contributed by atoms with Crippen LogP contribution in [0.3, 0.4) is 0 Å². The van der Waals surface area contributed by atoms with Gasteiger partial charge in [-0.1, -0.05) is 0 Å². The highest BCUT2D eigenvalue weighted by molar-refractivity contribution is 5.80. The van der Waals surface area contributed by atoms with Crippen LogP contribution in [0, 0.1) is 0 Å². The summed E-state index contributed by atoms with van der Waals surface area (Å²) in [6.45, 7) is 6.11. The zero-order valence-electron chi connectivity index (χ0n) is 12.7. The predicted molar refractivity (Wildman–Crippen MR) is 76.4 cm³/mol. The molecule has 1 N–H and O–H groups in total. The Morgan fingerprint density at radius 1 is 1.20 bits per heavy atom. The van der Waals surface area contributed by atoms with Crippen LogP contribution in [-0.4, -0.2) is 57.5 Å². The van der Waals surface area contributed by atoms with Crippen LogP contribution in [0.4, 0.5) is 0 Å². The molecule has 114 valence electrons. The van der Waals surface area contributed by atoms with E-state index in [-0.39, 0.29) is 30.6 Å². The van der Waals surface area contributed by atoms with E-state index in [2.05, 4.69) is 13.8 Å². The molecule has 2 rings (SSSR count). The fraction of sp³-hybridized carbons (Fsp3) is 0.867. The summed E-state index contributed by atoms with van der Waals surface area (Å²) in [6, 6.07) is 0.238. The first-order valence-corrected chi connectivity index (χ1v) is 7.71. The maximum atomic E-state index is 12.6. The van der Waals surface area contributed by atoms with Crippen molar-refractivity contribution >= 4 is 11.9 Å². The topological polar surface area (TPSA) is 60.9 Å². The Morgan fingerprint density at radius 3 is 2.20 bits per heavy atom. The SMILES string of the molecule is CC(C(=O)O)N(CC(=O)N1C(C)CCCC1C)C1CC1. The number of rotatable bonds is 5. The van der Waals surface area contributed by atoms with Gasteiger partial charge in [-0.25, -0.2) is 0 Å². The monoisotopic (exact) mass is 282 g/mol. The van der Waals surface area contributed by atoms with Gasteiger partial charge in [0.15, 0.2) is 0 Å². The van der Waals surface area contributed by atoms with Gasteiger partial charge in [0.1, 0.15) is 6.04 Å². The lowest BCUT2D eigenvalue weighted by atomic mass is 9.97. The number of nitrogens with zero attached hydrogens (tertiary/aromatic N) is 2. The highest BCUT2D eigenvalue weighted by Crippen LogP contribution is 2.29. The second-order valence-corrected chi connectivity index (χ2v) is 6.35. The molecule has 1 saturated heterocycles. The molecule has 0 spiro atoms. The number of hydrogen-bond acceptors (Lipinski definition) is 3. The summed E-state index contributed by atoms with van der Waals surface area (Å²) in [5.74, 6) is -0.755. The van der Waals surface area contributed by atoms with E-state index in [1.54, 1.807) is 6.92 Å². The Labute approximate surface area is 120 Å². The number of carboxylic acid groups (broad SMARTS) is 1. The summed E-state index contributed by atoms with van der Waals surface area (Å²) in [6.07, 6.45) is 5.29. The van der Waals surface area contributed by atoms with E-state index in [9.17, 15) is 14.7 Å². The number of carbonyl (C=O) groups excluding carboxylic acids is 1. The molecule has 0 aromatic rings. The van der Waals surface area contributed by atoms with Crippen LogP contribution in [-0.2, 0) is 9.59 Å². The Kier molecular flexibility index (Phi) is 4.68. The number of piperidine rings is 1. The van der Waals surface area contributed by atoms with Crippen molar-refractivity contribution in [1.29, 1.82) is 0 Å². The molecule has 1 amide bonds. The summed E-state index contributed by atoms with van der Waals surface area (Å²) in [7, 11) is 0. The van der Waals surface area contributed by atoms with Gasteiger partial charge < -0.3 is 10.0 Å².